The number of ether oxygens (including phenoxy) is 1. The Bertz CT molecular complexity index is 1770. The summed E-state index contributed by atoms with van der Waals surface area (Å²) in [6, 6.07) is 10.4. The molecule has 228 valence electrons. The van der Waals surface area contributed by atoms with Gasteiger partial charge in [0.2, 0.25) is 5.91 Å². The number of rotatable bonds is 5. The zero-order valence-electron chi connectivity index (χ0n) is 22.1. The van der Waals surface area contributed by atoms with E-state index in [0.717, 1.165) is 42.1 Å². The predicted molar refractivity (Wildman–Crippen MR) is 146 cm³/mol. The first kappa shape index (κ1) is 30.5. The van der Waals surface area contributed by atoms with Gasteiger partial charge >= 0.3 is 18.6 Å². The molecule has 5 rings (SSSR count). The van der Waals surface area contributed by atoms with E-state index in [1.54, 1.807) is 6.92 Å². The average molecular weight is 639 g/mol. The van der Waals surface area contributed by atoms with Crippen LogP contribution in [0.3, 0.4) is 0 Å². The first-order valence-electron chi connectivity index (χ1n) is 12.3. The summed E-state index contributed by atoms with van der Waals surface area (Å²) in [4.78, 5) is 33.6. The van der Waals surface area contributed by atoms with Gasteiger partial charge in [0.05, 0.1) is 28.4 Å². The number of aromatic nitrogens is 3. The van der Waals surface area contributed by atoms with E-state index in [0.29, 0.717) is 16.2 Å². The maximum atomic E-state index is 14.9. The van der Waals surface area contributed by atoms with Crippen LogP contribution in [0.4, 0.5) is 46.9 Å². The highest BCUT2D eigenvalue weighted by atomic mass is 32.2. The number of anilines is 2. The van der Waals surface area contributed by atoms with Crippen LogP contribution in [0.25, 0.3) is 17.1 Å². The lowest BCUT2D eigenvalue weighted by molar-refractivity contribution is -0.274. The Balaban J connectivity index is 1.32. The van der Waals surface area contributed by atoms with Crippen LogP contribution in [0.2, 0.25) is 0 Å². The highest BCUT2D eigenvalue weighted by Crippen LogP contribution is 2.40. The van der Waals surface area contributed by atoms with E-state index in [2.05, 4.69) is 25.1 Å². The molecule has 0 atom stereocenters. The molecule has 0 spiro atoms. The van der Waals surface area contributed by atoms with Crippen LogP contribution >= 0.6 is 11.8 Å². The number of nitrogens with one attached hydrogen (secondary N) is 1. The molecule has 2 heterocycles. The fraction of sp³-hybridized carbons (Fsp3) is 0.148. The molecule has 9 nitrogen and oxygen atoms in total. The Kier molecular flexibility index (Phi) is 8.07. The Hall–Kier alpha value is -4.93. The summed E-state index contributed by atoms with van der Waals surface area (Å²) in [6.07, 6.45) is -8.37. The monoisotopic (exact) mass is 638 g/mol. The summed E-state index contributed by atoms with van der Waals surface area (Å²) >= 11 is 0.754. The lowest BCUT2D eigenvalue weighted by Crippen LogP contribution is -2.32. The van der Waals surface area contributed by atoms with Gasteiger partial charge in [-0.2, -0.15) is 18.2 Å². The Labute approximate surface area is 247 Å². The van der Waals surface area contributed by atoms with Crippen LogP contribution in [0.15, 0.2) is 72.0 Å². The van der Waals surface area contributed by atoms with Gasteiger partial charge in [-0.1, -0.05) is 17.8 Å². The molecule has 0 unspecified atom stereocenters. The molecule has 1 saturated heterocycles. The van der Waals surface area contributed by atoms with Crippen molar-refractivity contribution >= 4 is 40.2 Å². The number of nitrogens with zero attached hydrogens (tertiary/aromatic N) is 5. The van der Waals surface area contributed by atoms with Crippen molar-refractivity contribution in [3.63, 3.8) is 0 Å². The first-order valence-corrected chi connectivity index (χ1v) is 13.3. The molecule has 1 aromatic heterocycles. The van der Waals surface area contributed by atoms with Crippen molar-refractivity contribution in [3.05, 3.63) is 83.9 Å². The Morgan fingerprint density at radius 3 is 2.41 bits per heavy atom. The van der Waals surface area contributed by atoms with Crippen molar-refractivity contribution in [1.29, 1.82) is 0 Å². The standard InChI is InChI=1S/C27H17F7N6O3S/c1-14-2-8-18(26(29,30)31)21(10-14)40-22(41)12-44-25(40)37-24(42)36-20-9-3-15(11-19(20)28)23-35-13-39(38-23)16-4-6-17(7-5-16)43-27(32,33)34/h2-11,13H,12H2,1H3,(H,36,42)/b37-25-. The number of carbonyl (C=O) groups excluding carboxylic acids is 2. The summed E-state index contributed by atoms with van der Waals surface area (Å²) in [7, 11) is 0. The number of urea groups is 1. The zero-order valence-corrected chi connectivity index (χ0v) is 22.9. The molecule has 1 N–H and O–H groups in total. The van der Waals surface area contributed by atoms with Gasteiger partial charge in [-0.25, -0.2) is 18.9 Å². The van der Waals surface area contributed by atoms with Crippen LogP contribution in [-0.2, 0) is 11.0 Å². The summed E-state index contributed by atoms with van der Waals surface area (Å²) in [6.45, 7) is 1.54. The van der Waals surface area contributed by atoms with E-state index < -0.39 is 47.3 Å². The second-order valence-electron chi connectivity index (χ2n) is 9.11. The number of hydrogen-bond donors (Lipinski definition) is 1. The number of thioether (sulfide) groups is 1. The fourth-order valence-corrected chi connectivity index (χ4v) is 4.91. The molecule has 44 heavy (non-hydrogen) atoms. The number of alkyl halides is 6. The summed E-state index contributed by atoms with van der Waals surface area (Å²) in [5.41, 5.74) is -0.923. The number of hydrogen-bond acceptors (Lipinski definition) is 6. The van der Waals surface area contributed by atoms with Gasteiger partial charge in [0.1, 0.15) is 17.9 Å². The second-order valence-corrected chi connectivity index (χ2v) is 10.1. The smallest absolute Gasteiger partial charge is 0.406 e. The lowest BCUT2D eigenvalue weighted by Gasteiger charge is -2.21. The summed E-state index contributed by atoms with van der Waals surface area (Å²) in [5.74, 6) is -2.28. The normalized spacial score (nSPS) is 14.8. The molecule has 0 aliphatic carbocycles. The third-order valence-corrected chi connectivity index (χ3v) is 6.88. The van der Waals surface area contributed by atoms with E-state index in [1.165, 1.54) is 41.3 Å². The van der Waals surface area contributed by atoms with Gasteiger partial charge in [-0.15, -0.1) is 18.3 Å². The van der Waals surface area contributed by atoms with Gasteiger partial charge in [0.25, 0.3) is 0 Å². The van der Waals surface area contributed by atoms with E-state index >= 15 is 0 Å². The highest BCUT2D eigenvalue weighted by molar-refractivity contribution is 8.15. The minimum atomic E-state index is -4.85. The first-order chi connectivity index (χ1) is 20.7. The topological polar surface area (TPSA) is 102 Å². The number of carbonyl (C=O) groups is 2. The van der Waals surface area contributed by atoms with Crippen LogP contribution < -0.4 is 15.0 Å². The van der Waals surface area contributed by atoms with Gasteiger partial charge in [-0.05, 0) is 67.1 Å². The van der Waals surface area contributed by atoms with Gasteiger partial charge in [-0.3, -0.25) is 9.69 Å². The number of aryl methyl sites for hydroxylation is 1. The molecule has 0 saturated carbocycles. The predicted octanol–water partition coefficient (Wildman–Crippen LogP) is 6.97. The van der Waals surface area contributed by atoms with E-state index in [4.69, 9.17) is 0 Å². The molecule has 1 aliphatic heterocycles. The number of halogens is 7. The second kappa shape index (κ2) is 11.6. The molecule has 0 radical (unpaired) electrons. The highest BCUT2D eigenvalue weighted by Gasteiger charge is 2.40. The van der Waals surface area contributed by atoms with E-state index in [-0.39, 0.29) is 28.0 Å². The Morgan fingerprint density at radius 1 is 1.02 bits per heavy atom. The summed E-state index contributed by atoms with van der Waals surface area (Å²) < 4.78 is 98.0. The number of amidine groups is 1. The fourth-order valence-electron chi connectivity index (χ4n) is 4.05. The molecule has 0 bridgehead atoms. The number of amides is 3. The maximum absolute atomic E-state index is 14.9. The molecule has 1 aliphatic rings. The van der Waals surface area contributed by atoms with E-state index in [9.17, 15) is 40.3 Å². The SMILES string of the molecule is Cc1ccc(C(F)(F)F)c(N2C(=O)CS/C2=N\C(=O)Nc2ccc(-c3ncn(-c4ccc(OC(F)(F)F)cc4)n3)cc2F)c1. The average Bonchev–Trinajstić information content (AvgIpc) is 3.56. The van der Waals surface area contributed by atoms with Crippen LogP contribution in [0.5, 0.6) is 5.75 Å². The van der Waals surface area contributed by atoms with Crippen molar-refractivity contribution < 1.29 is 45.1 Å². The number of benzene rings is 3. The Morgan fingerprint density at radius 2 is 1.75 bits per heavy atom. The van der Waals surface area contributed by atoms with Crippen molar-refractivity contribution in [2.45, 2.75) is 19.5 Å². The van der Waals surface area contributed by atoms with Crippen molar-refractivity contribution in [2.75, 3.05) is 16.0 Å². The molecule has 3 amide bonds. The summed E-state index contributed by atoms with van der Waals surface area (Å²) in [5, 5.41) is 6.06. The largest absolute Gasteiger partial charge is 0.573 e. The zero-order chi connectivity index (χ0) is 31.8. The van der Waals surface area contributed by atoms with Gasteiger partial charge < -0.3 is 10.1 Å². The molecule has 1 fully saturated rings. The minimum Gasteiger partial charge on any atom is -0.406 e. The molecule has 4 aromatic rings. The van der Waals surface area contributed by atoms with Crippen LogP contribution in [-0.4, -0.2) is 44.0 Å². The third kappa shape index (κ3) is 6.82. The van der Waals surface area contributed by atoms with Crippen molar-refractivity contribution in [3.8, 4) is 22.8 Å². The molecular formula is C27H17F7N6O3S. The number of aliphatic imine (C=N–C) groups is 1. The van der Waals surface area contributed by atoms with Crippen molar-refractivity contribution in [1.82, 2.24) is 14.8 Å². The molecule has 3 aromatic carbocycles. The lowest BCUT2D eigenvalue weighted by atomic mass is 10.1. The van der Waals surface area contributed by atoms with Gasteiger partial charge in [0.15, 0.2) is 11.0 Å². The van der Waals surface area contributed by atoms with Crippen LogP contribution in [0.1, 0.15) is 11.1 Å². The van der Waals surface area contributed by atoms with Gasteiger partial charge in [0, 0.05) is 5.56 Å². The molecular weight excluding hydrogens is 621 g/mol. The van der Waals surface area contributed by atoms with E-state index in [1.807, 2.05) is 0 Å². The maximum Gasteiger partial charge on any atom is 0.573 e. The van der Waals surface area contributed by atoms with Crippen LogP contribution in [0, 0.1) is 12.7 Å². The minimum absolute atomic E-state index is 0.0489. The quantitative estimate of drug-likeness (QED) is 0.237. The third-order valence-electron chi connectivity index (χ3n) is 5.96. The van der Waals surface area contributed by atoms with Crippen molar-refractivity contribution in [2.24, 2.45) is 4.99 Å². The molecule has 17 heteroatoms.